The fraction of sp³-hybridized carbons (Fsp3) is 0.444. The van der Waals surface area contributed by atoms with Gasteiger partial charge in [0.25, 0.3) is 0 Å². The lowest BCUT2D eigenvalue weighted by atomic mass is 10.0. The summed E-state index contributed by atoms with van der Waals surface area (Å²) in [6.45, 7) is 16.7. The molecule has 0 heterocycles. The second-order valence-corrected chi connectivity index (χ2v) is 11.0. The van der Waals surface area contributed by atoms with Crippen LogP contribution in [0, 0.1) is 0 Å². The number of ether oxygens (including phenoxy) is 6. The van der Waals surface area contributed by atoms with Gasteiger partial charge in [-0.05, 0) is 26.7 Å². The van der Waals surface area contributed by atoms with Gasteiger partial charge in [-0.15, -0.1) is 0 Å². The molecule has 3 aromatic rings. The van der Waals surface area contributed by atoms with E-state index in [0.717, 1.165) is 32.7 Å². The first-order valence-corrected chi connectivity index (χ1v) is 15.3. The summed E-state index contributed by atoms with van der Waals surface area (Å²) in [5, 5.41) is 3.34. The molecule has 0 fully saturated rings. The Morgan fingerprint density at radius 1 is 0.614 bits per heavy atom. The van der Waals surface area contributed by atoms with Gasteiger partial charge >= 0.3 is 11.9 Å². The van der Waals surface area contributed by atoms with Crippen molar-refractivity contribution in [2.24, 2.45) is 0 Å². The van der Waals surface area contributed by atoms with E-state index in [0.29, 0.717) is 50.4 Å². The average Bonchev–Trinajstić information content (AvgIpc) is 2.98. The van der Waals surface area contributed by atoms with Crippen LogP contribution in [0.2, 0.25) is 0 Å². The van der Waals surface area contributed by atoms with Crippen molar-refractivity contribution < 1.29 is 38.0 Å². The van der Waals surface area contributed by atoms with Crippen molar-refractivity contribution in [1.29, 1.82) is 0 Å². The van der Waals surface area contributed by atoms with Crippen LogP contribution in [-0.2, 0) is 28.5 Å². The highest BCUT2D eigenvalue weighted by atomic mass is 16.6. The fourth-order valence-electron chi connectivity index (χ4n) is 4.57. The second kappa shape index (κ2) is 18.0. The zero-order valence-corrected chi connectivity index (χ0v) is 26.5. The van der Waals surface area contributed by atoms with E-state index in [-0.39, 0.29) is 38.4 Å². The number of benzene rings is 3. The predicted octanol–water partition coefficient (Wildman–Crippen LogP) is 7.36. The van der Waals surface area contributed by atoms with Crippen LogP contribution in [0.5, 0.6) is 11.5 Å². The number of hydrogen-bond acceptors (Lipinski definition) is 8. The van der Waals surface area contributed by atoms with Gasteiger partial charge in [-0.3, -0.25) is 9.59 Å². The van der Waals surface area contributed by atoms with E-state index in [4.69, 9.17) is 28.4 Å². The van der Waals surface area contributed by atoms with Gasteiger partial charge in [0.15, 0.2) is 12.2 Å². The molecule has 0 bridgehead atoms. The fourth-order valence-corrected chi connectivity index (χ4v) is 4.57. The standard InChI is InChI=1S/C36H46O8/c1-7-13-33(37)43-27(21-39-19-25(3)4)23-41-35-29-15-9-11-17-31(29)36(32-18-12-10-16-30(32)35)42-24-28(22-40-20-26(5)6)44-34(38)14-8-2/h9-12,15-18,27-28H,3,5,7-8,13-14,19-24H2,1-2,4,6H3. The Morgan fingerprint density at radius 2 is 0.955 bits per heavy atom. The summed E-state index contributed by atoms with van der Waals surface area (Å²) in [4.78, 5) is 24.7. The molecule has 44 heavy (non-hydrogen) atoms. The lowest BCUT2D eigenvalue weighted by Gasteiger charge is -2.23. The molecule has 3 aromatic carbocycles. The van der Waals surface area contributed by atoms with E-state index < -0.39 is 12.2 Å². The molecule has 0 aliphatic rings. The van der Waals surface area contributed by atoms with Crippen LogP contribution in [0.15, 0.2) is 72.8 Å². The summed E-state index contributed by atoms with van der Waals surface area (Å²) < 4.78 is 35.7. The number of hydrogen-bond donors (Lipinski definition) is 0. The topological polar surface area (TPSA) is 89.5 Å². The van der Waals surface area contributed by atoms with Gasteiger partial charge in [-0.25, -0.2) is 0 Å². The maximum Gasteiger partial charge on any atom is 0.306 e. The van der Waals surface area contributed by atoms with Crippen molar-refractivity contribution >= 4 is 33.5 Å². The minimum absolute atomic E-state index is 0.106. The Hall–Kier alpha value is -3.88. The Morgan fingerprint density at radius 3 is 1.25 bits per heavy atom. The summed E-state index contributed by atoms with van der Waals surface area (Å²) in [5.41, 5.74) is 1.75. The van der Waals surface area contributed by atoms with Crippen LogP contribution < -0.4 is 9.47 Å². The van der Waals surface area contributed by atoms with E-state index in [2.05, 4.69) is 13.2 Å². The van der Waals surface area contributed by atoms with Crippen LogP contribution in [-0.4, -0.2) is 63.8 Å². The van der Waals surface area contributed by atoms with Gasteiger partial charge in [-0.2, -0.15) is 0 Å². The van der Waals surface area contributed by atoms with Crippen molar-refractivity contribution in [1.82, 2.24) is 0 Å². The maximum absolute atomic E-state index is 12.3. The Bertz CT molecular complexity index is 1250. The van der Waals surface area contributed by atoms with Crippen molar-refractivity contribution in [2.75, 3.05) is 39.6 Å². The van der Waals surface area contributed by atoms with Crippen LogP contribution in [0.3, 0.4) is 0 Å². The molecular formula is C36H46O8. The number of carbonyl (C=O) groups is 2. The summed E-state index contributed by atoms with van der Waals surface area (Å²) >= 11 is 0. The molecule has 238 valence electrons. The largest absolute Gasteiger partial charge is 0.488 e. The quantitative estimate of drug-likeness (QED) is 0.0749. The van der Waals surface area contributed by atoms with Crippen LogP contribution in [0.1, 0.15) is 53.4 Å². The van der Waals surface area contributed by atoms with Gasteiger partial charge in [0.2, 0.25) is 0 Å². The van der Waals surface area contributed by atoms with Crippen molar-refractivity contribution in [3.05, 3.63) is 72.8 Å². The number of fused-ring (bicyclic) bond motifs is 2. The molecule has 0 aromatic heterocycles. The third-order valence-electron chi connectivity index (χ3n) is 6.47. The van der Waals surface area contributed by atoms with Crippen LogP contribution in [0.4, 0.5) is 0 Å². The monoisotopic (exact) mass is 606 g/mol. The molecule has 3 rings (SSSR count). The number of esters is 2. The normalized spacial score (nSPS) is 12.5. The van der Waals surface area contributed by atoms with Gasteiger partial charge < -0.3 is 28.4 Å². The zero-order chi connectivity index (χ0) is 31.9. The molecule has 8 nitrogen and oxygen atoms in total. The van der Waals surface area contributed by atoms with E-state index in [1.807, 2.05) is 76.2 Å². The van der Waals surface area contributed by atoms with E-state index in [1.54, 1.807) is 0 Å². The maximum atomic E-state index is 12.3. The highest BCUT2D eigenvalue weighted by molar-refractivity contribution is 6.11. The summed E-state index contributed by atoms with van der Waals surface area (Å²) in [5.74, 6) is 0.714. The molecule has 0 radical (unpaired) electrons. The summed E-state index contributed by atoms with van der Waals surface area (Å²) in [6, 6.07) is 15.6. The molecule has 0 amide bonds. The first-order chi connectivity index (χ1) is 21.2. The first kappa shape index (κ1) is 34.6. The lowest BCUT2D eigenvalue weighted by Crippen LogP contribution is -2.30. The predicted molar refractivity (Wildman–Crippen MR) is 173 cm³/mol. The molecule has 0 aliphatic carbocycles. The number of rotatable bonds is 20. The van der Waals surface area contributed by atoms with E-state index >= 15 is 0 Å². The minimum atomic E-state index is -0.598. The third-order valence-corrected chi connectivity index (χ3v) is 6.47. The Kier molecular flexibility index (Phi) is 14.2. The molecule has 2 atom stereocenters. The molecule has 0 N–H and O–H groups in total. The zero-order valence-electron chi connectivity index (χ0n) is 26.5. The smallest absolute Gasteiger partial charge is 0.306 e. The summed E-state index contributed by atoms with van der Waals surface area (Å²) in [6.07, 6.45) is 0.825. The molecule has 2 unspecified atom stereocenters. The van der Waals surface area contributed by atoms with Crippen LogP contribution in [0.25, 0.3) is 21.5 Å². The van der Waals surface area contributed by atoms with Gasteiger partial charge in [-0.1, -0.05) is 86.7 Å². The van der Waals surface area contributed by atoms with Gasteiger partial charge in [0, 0.05) is 34.4 Å². The van der Waals surface area contributed by atoms with E-state index in [9.17, 15) is 9.59 Å². The molecule has 0 aliphatic heterocycles. The Balaban J connectivity index is 1.92. The molecular weight excluding hydrogens is 560 g/mol. The van der Waals surface area contributed by atoms with Crippen LogP contribution >= 0.6 is 0 Å². The Labute approximate surface area is 260 Å². The molecule has 0 spiro atoms. The highest BCUT2D eigenvalue weighted by Crippen LogP contribution is 2.42. The second-order valence-electron chi connectivity index (χ2n) is 11.0. The molecule has 0 saturated carbocycles. The van der Waals surface area contributed by atoms with Gasteiger partial charge in [0.1, 0.15) is 24.7 Å². The molecule has 0 saturated heterocycles. The van der Waals surface area contributed by atoms with Gasteiger partial charge in [0.05, 0.1) is 26.4 Å². The minimum Gasteiger partial charge on any atom is -0.488 e. The van der Waals surface area contributed by atoms with Crippen molar-refractivity contribution in [3.63, 3.8) is 0 Å². The third kappa shape index (κ3) is 10.7. The highest BCUT2D eigenvalue weighted by Gasteiger charge is 2.22. The van der Waals surface area contributed by atoms with Crippen molar-refractivity contribution in [3.8, 4) is 11.5 Å². The lowest BCUT2D eigenvalue weighted by molar-refractivity contribution is -0.154. The van der Waals surface area contributed by atoms with Crippen molar-refractivity contribution in [2.45, 2.75) is 65.6 Å². The van der Waals surface area contributed by atoms with E-state index in [1.165, 1.54) is 0 Å². The average molecular weight is 607 g/mol. The number of carbonyl (C=O) groups excluding carboxylic acids is 2. The summed E-state index contributed by atoms with van der Waals surface area (Å²) in [7, 11) is 0. The molecule has 8 heteroatoms. The first-order valence-electron chi connectivity index (χ1n) is 15.3. The SMILES string of the molecule is C=C(C)COCC(COc1c2ccccc2c(OCC(COCC(=C)C)OC(=O)CCC)c2ccccc12)OC(=O)CCC.